The molecule has 0 aromatic heterocycles. The number of rotatable bonds is 5. The molecule has 2 aromatic carbocycles. The number of carbonyl (C=O) groups excluding carboxylic acids is 1. The van der Waals surface area contributed by atoms with Crippen molar-refractivity contribution in [1.82, 2.24) is 4.90 Å². The largest absolute Gasteiger partial charge is 0.358 e. The first-order valence-electron chi connectivity index (χ1n) is 8.65. The van der Waals surface area contributed by atoms with Crippen molar-refractivity contribution < 1.29 is 4.79 Å². The first-order chi connectivity index (χ1) is 13.0. The number of nitrogens with zero attached hydrogens (tertiary/aromatic N) is 1. The average Bonchev–Trinajstić information content (AvgIpc) is 3.22. The summed E-state index contributed by atoms with van der Waals surface area (Å²) in [5, 5.41) is 3.66. The van der Waals surface area contributed by atoms with Gasteiger partial charge in [-0.3, -0.25) is 4.79 Å². The molecule has 138 valence electrons. The molecule has 0 saturated heterocycles. The number of thioether (sulfide) groups is 1. The summed E-state index contributed by atoms with van der Waals surface area (Å²) in [6.45, 7) is 5.40. The third kappa shape index (κ3) is 4.05. The molecule has 0 radical (unpaired) electrons. The Hall–Kier alpha value is -1.44. The fourth-order valence-corrected chi connectivity index (χ4v) is 4.97. The highest BCUT2D eigenvalue weighted by atomic mass is 127. The van der Waals surface area contributed by atoms with Crippen molar-refractivity contribution in [1.29, 1.82) is 0 Å². The summed E-state index contributed by atoms with van der Waals surface area (Å²) in [4.78, 5) is 14.7. The Morgan fingerprint density at radius 3 is 2.78 bits per heavy atom. The van der Waals surface area contributed by atoms with E-state index in [1.807, 2.05) is 29.2 Å². The molecule has 1 amide bonds. The lowest BCUT2D eigenvalue weighted by atomic mass is 10.1. The molecule has 1 unspecified atom stereocenters. The Morgan fingerprint density at radius 2 is 2.07 bits per heavy atom. The number of halogens is 2. The number of benzene rings is 2. The van der Waals surface area contributed by atoms with Crippen LogP contribution in [0.25, 0.3) is 0 Å². The Kier molecular flexibility index (Phi) is 5.53. The normalized spacial score (nSPS) is 18.4. The van der Waals surface area contributed by atoms with E-state index < -0.39 is 0 Å². The van der Waals surface area contributed by atoms with Gasteiger partial charge in [0, 0.05) is 39.2 Å². The highest BCUT2D eigenvalue weighted by molar-refractivity contribution is 14.1. The van der Waals surface area contributed by atoms with Crippen molar-refractivity contribution in [2.45, 2.75) is 24.8 Å². The number of hydrogen-bond acceptors (Lipinski definition) is 3. The van der Waals surface area contributed by atoms with Crippen LogP contribution < -0.4 is 5.32 Å². The van der Waals surface area contributed by atoms with Gasteiger partial charge in [0.05, 0.1) is 9.61 Å². The highest BCUT2D eigenvalue weighted by Gasteiger charge is 2.30. The number of anilines is 1. The first-order valence-corrected chi connectivity index (χ1v) is 11.0. The molecule has 0 bridgehead atoms. The number of amides is 1. The molecule has 0 saturated carbocycles. The summed E-state index contributed by atoms with van der Waals surface area (Å²) < 4.78 is 2.01. The van der Waals surface area contributed by atoms with Crippen LogP contribution in [-0.2, 0) is 13.1 Å². The summed E-state index contributed by atoms with van der Waals surface area (Å²) in [5.41, 5.74) is 4.83. The molecule has 1 atom stereocenters. The van der Waals surface area contributed by atoms with Gasteiger partial charge in [-0.05, 0) is 58.8 Å². The van der Waals surface area contributed by atoms with Crippen LogP contribution in [0.15, 0.2) is 65.2 Å². The lowest BCUT2D eigenvalue weighted by Gasteiger charge is -2.18. The van der Waals surface area contributed by atoms with E-state index in [9.17, 15) is 4.79 Å². The molecule has 2 aromatic rings. The Bertz CT molecular complexity index is 942. The quantitative estimate of drug-likeness (QED) is 0.506. The SMILES string of the molecule is C=C(Nc1cccc2c1CN(Cc1ccc(I)cc1)C2=O)C1CC=C(Cl)S1. The smallest absolute Gasteiger partial charge is 0.254 e. The second-order valence-corrected chi connectivity index (χ2v) is 9.74. The number of fused-ring (bicyclic) bond motifs is 1. The van der Waals surface area contributed by atoms with Gasteiger partial charge in [-0.2, -0.15) is 0 Å². The fourth-order valence-electron chi connectivity index (χ4n) is 3.34. The fraction of sp³-hybridized carbons (Fsp3) is 0.190. The number of hydrogen-bond donors (Lipinski definition) is 1. The molecule has 0 spiro atoms. The molecular formula is C21H18ClIN2OS. The van der Waals surface area contributed by atoms with Gasteiger partial charge < -0.3 is 10.2 Å². The van der Waals surface area contributed by atoms with Crippen LogP contribution in [0.1, 0.15) is 27.9 Å². The van der Waals surface area contributed by atoms with E-state index in [-0.39, 0.29) is 11.2 Å². The molecule has 3 nitrogen and oxygen atoms in total. The Balaban J connectivity index is 1.50. The maximum absolute atomic E-state index is 12.8. The van der Waals surface area contributed by atoms with Crippen LogP contribution in [0.5, 0.6) is 0 Å². The second-order valence-electron chi connectivity index (χ2n) is 6.62. The van der Waals surface area contributed by atoms with E-state index in [1.54, 1.807) is 11.8 Å². The molecule has 2 heterocycles. The molecule has 1 N–H and O–H groups in total. The van der Waals surface area contributed by atoms with Crippen LogP contribution in [0.4, 0.5) is 5.69 Å². The van der Waals surface area contributed by atoms with Gasteiger partial charge in [0.25, 0.3) is 5.91 Å². The minimum atomic E-state index is 0.0813. The van der Waals surface area contributed by atoms with Crippen molar-refractivity contribution in [2.24, 2.45) is 0 Å². The van der Waals surface area contributed by atoms with Crippen LogP contribution in [0.3, 0.4) is 0 Å². The third-order valence-electron chi connectivity index (χ3n) is 4.76. The van der Waals surface area contributed by atoms with Crippen LogP contribution in [-0.4, -0.2) is 16.1 Å². The molecule has 2 aliphatic rings. The van der Waals surface area contributed by atoms with Crippen molar-refractivity contribution >= 4 is 57.5 Å². The molecule has 6 heteroatoms. The Morgan fingerprint density at radius 1 is 1.30 bits per heavy atom. The van der Waals surface area contributed by atoms with Crippen molar-refractivity contribution in [2.75, 3.05) is 5.32 Å². The van der Waals surface area contributed by atoms with Gasteiger partial charge in [0.2, 0.25) is 0 Å². The van der Waals surface area contributed by atoms with E-state index in [0.717, 1.165) is 38.9 Å². The van der Waals surface area contributed by atoms with Crippen LogP contribution in [0.2, 0.25) is 0 Å². The van der Waals surface area contributed by atoms with Crippen LogP contribution in [0, 0.1) is 3.57 Å². The van der Waals surface area contributed by atoms with E-state index >= 15 is 0 Å². The predicted octanol–water partition coefficient (Wildman–Crippen LogP) is 5.96. The van der Waals surface area contributed by atoms with Gasteiger partial charge >= 0.3 is 0 Å². The lowest BCUT2D eigenvalue weighted by molar-refractivity contribution is 0.0767. The molecular weight excluding hydrogens is 491 g/mol. The second kappa shape index (κ2) is 7.89. The monoisotopic (exact) mass is 508 g/mol. The molecule has 0 aliphatic carbocycles. The van der Waals surface area contributed by atoms with Crippen molar-refractivity contribution in [3.8, 4) is 0 Å². The first kappa shape index (κ1) is 18.9. The number of allylic oxidation sites excluding steroid dienone is 1. The molecule has 0 fully saturated rings. The lowest BCUT2D eigenvalue weighted by Crippen LogP contribution is -2.23. The summed E-state index contributed by atoms with van der Waals surface area (Å²) in [7, 11) is 0. The molecule has 27 heavy (non-hydrogen) atoms. The summed E-state index contributed by atoms with van der Waals surface area (Å²) >= 11 is 9.98. The van der Waals surface area contributed by atoms with Gasteiger partial charge in [0.15, 0.2) is 0 Å². The zero-order chi connectivity index (χ0) is 19.0. The van der Waals surface area contributed by atoms with E-state index in [4.69, 9.17) is 11.6 Å². The maximum Gasteiger partial charge on any atom is 0.254 e. The molecule has 4 rings (SSSR count). The summed E-state index contributed by atoms with van der Waals surface area (Å²) in [6, 6.07) is 14.1. The minimum Gasteiger partial charge on any atom is -0.358 e. The summed E-state index contributed by atoms with van der Waals surface area (Å²) in [6.07, 6.45) is 2.90. The minimum absolute atomic E-state index is 0.0813. The predicted molar refractivity (Wildman–Crippen MR) is 122 cm³/mol. The van der Waals surface area contributed by atoms with Crippen molar-refractivity contribution in [3.63, 3.8) is 0 Å². The van der Waals surface area contributed by atoms with Crippen molar-refractivity contribution in [3.05, 3.63) is 85.4 Å². The van der Waals surface area contributed by atoms with Gasteiger partial charge in [-0.25, -0.2) is 0 Å². The number of carbonyl (C=O) groups is 1. The van der Waals surface area contributed by atoms with E-state index in [0.29, 0.717) is 13.1 Å². The van der Waals surface area contributed by atoms with Gasteiger partial charge in [0.1, 0.15) is 0 Å². The standard InChI is InChI=1S/C21H18ClIN2OS/c1-13(19-9-10-20(22)27-19)24-18-4-2-3-16-17(18)12-25(21(16)26)11-14-5-7-15(23)8-6-14/h2-8,10,19,24H,1,9,11-12H2. The topological polar surface area (TPSA) is 32.3 Å². The number of nitrogens with one attached hydrogen (secondary N) is 1. The van der Waals surface area contributed by atoms with E-state index in [2.05, 4.69) is 58.8 Å². The third-order valence-corrected chi connectivity index (χ3v) is 7.05. The maximum atomic E-state index is 12.8. The zero-order valence-electron chi connectivity index (χ0n) is 14.5. The van der Waals surface area contributed by atoms with E-state index in [1.165, 1.54) is 3.57 Å². The van der Waals surface area contributed by atoms with Crippen LogP contribution >= 0.6 is 46.0 Å². The molecule has 2 aliphatic heterocycles. The van der Waals surface area contributed by atoms with Gasteiger partial charge in [-0.1, -0.05) is 42.5 Å². The highest BCUT2D eigenvalue weighted by Crippen LogP contribution is 2.39. The zero-order valence-corrected chi connectivity index (χ0v) is 18.3. The summed E-state index contributed by atoms with van der Waals surface area (Å²) in [5.74, 6) is 0.0813. The Labute approximate surface area is 182 Å². The average molecular weight is 509 g/mol. The van der Waals surface area contributed by atoms with Gasteiger partial charge in [-0.15, -0.1) is 11.8 Å².